The Morgan fingerprint density at radius 1 is 1.21 bits per heavy atom. The number of benzene rings is 1. The third-order valence-electron chi connectivity index (χ3n) is 3.06. The molecule has 1 heterocycles. The SMILES string of the molecule is CCN(CCc1cccs1)Cc1cccc(N)c1.Cl. The van der Waals surface area contributed by atoms with Gasteiger partial charge < -0.3 is 5.73 Å². The van der Waals surface area contributed by atoms with Crippen molar-refractivity contribution in [2.75, 3.05) is 18.8 Å². The fourth-order valence-corrected chi connectivity index (χ4v) is 2.72. The molecule has 1 aromatic carbocycles. The van der Waals surface area contributed by atoms with Crippen LogP contribution in [0.25, 0.3) is 0 Å². The molecule has 2 N–H and O–H groups in total. The Labute approximate surface area is 125 Å². The van der Waals surface area contributed by atoms with Crippen molar-refractivity contribution < 1.29 is 0 Å². The molecule has 0 saturated carbocycles. The van der Waals surface area contributed by atoms with Gasteiger partial charge in [0.15, 0.2) is 0 Å². The molecule has 4 heteroatoms. The summed E-state index contributed by atoms with van der Waals surface area (Å²) in [5.74, 6) is 0. The van der Waals surface area contributed by atoms with E-state index in [1.807, 2.05) is 23.5 Å². The monoisotopic (exact) mass is 296 g/mol. The summed E-state index contributed by atoms with van der Waals surface area (Å²) < 4.78 is 0. The first kappa shape index (κ1) is 16.0. The van der Waals surface area contributed by atoms with Gasteiger partial charge in [0.1, 0.15) is 0 Å². The minimum absolute atomic E-state index is 0. The highest BCUT2D eigenvalue weighted by molar-refractivity contribution is 7.09. The summed E-state index contributed by atoms with van der Waals surface area (Å²) in [6.07, 6.45) is 1.13. The fourth-order valence-electron chi connectivity index (χ4n) is 2.02. The molecule has 19 heavy (non-hydrogen) atoms. The van der Waals surface area contributed by atoms with Crippen LogP contribution in [0.1, 0.15) is 17.4 Å². The van der Waals surface area contributed by atoms with Crippen LogP contribution in [0.15, 0.2) is 41.8 Å². The van der Waals surface area contributed by atoms with Crippen LogP contribution in [0.5, 0.6) is 0 Å². The maximum atomic E-state index is 5.81. The van der Waals surface area contributed by atoms with Crippen LogP contribution in [-0.2, 0) is 13.0 Å². The normalized spacial score (nSPS) is 10.4. The van der Waals surface area contributed by atoms with Gasteiger partial charge in [0.05, 0.1) is 0 Å². The zero-order valence-corrected chi connectivity index (χ0v) is 12.8. The van der Waals surface area contributed by atoms with E-state index in [1.165, 1.54) is 10.4 Å². The highest BCUT2D eigenvalue weighted by Gasteiger charge is 2.05. The molecule has 1 aromatic heterocycles. The van der Waals surface area contributed by atoms with Crippen LogP contribution in [0.3, 0.4) is 0 Å². The van der Waals surface area contributed by atoms with Crippen LogP contribution in [0.4, 0.5) is 5.69 Å². The standard InChI is InChI=1S/C15H20N2S.ClH/c1-2-17(9-8-15-7-4-10-18-15)12-13-5-3-6-14(16)11-13;/h3-7,10-11H,2,8-9,12,16H2,1H3;1H. The van der Waals surface area contributed by atoms with Gasteiger partial charge in [0.25, 0.3) is 0 Å². The number of thiophene rings is 1. The van der Waals surface area contributed by atoms with Gasteiger partial charge >= 0.3 is 0 Å². The molecule has 0 saturated heterocycles. The molecule has 0 amide bonds. The number of nitrogen functional groups attached to an aromatic ring is 1. The van der Waals surface area contributed by atoms with E-state index in [4.69, 9.17) is 5.73 Å². The van der Waals surface area contributed by atoms with Crippen LogP contribution < -0.4 is 5.73 Å². The maximum Gasteiger partial charge on any atom is 0.0317 e. The smallest absolute Gasteiger partial charge is 0.0317 e. The number of rotatable bonds is 6. The summed E-state index contributed by atoms with van der Waals surface area (Å²) in [7, 11) is 0. The van der Waals surface area contributed by atoms with Gasteiger partial charge in [-0.15, -0.1) is 23.7 Å². The van der Waals surface area contributed by atoms with Crippen molar-refractivity contribution in [3.8, 4) is 0 Å². The molecule has 0 spiro atoms. The lowest BCUT2D eigenvalue weighted by molar-refractivity contribution is 0.284. The first-order valence-corrected chi connectivity index (χ1v) is 7.25. The van der Waals surface area contributed by atoms with E-state index >= 15 is 0 Å². The van der Waals surface area contributed by atoms with Crippen molar-refractivity contribution >= 4 is 29.4 Å². The Kier molecular flexibility index (Phi) is 6.92. The quantitative estimate of drug-likeness (QED) is 0.821. The van der Waals surface area contributed by atoms with Gasteiger partial charge in [-0.05, 0) is 42.1 Å². The minimum atomic E-state index is 0. The average molecular weight is 297 g/mol. The number of nitrogens with two attached hydrogens (primary N) is 1. The second kappa shape index (κ2) is 8.20. The van der Waals surface area contributed by atoms with E-state index < -0.39 is 0 Å². The zero-order chi connectivity index (χ0) is 12.8. The number of hydrogen-bond donors (Lipinski definition) is 1. The topological polar surface area (TPSA) is 29.3 Å². The van der Waals surface area contributed by atoms with Crippen LogP contribution in [-0.4, -0.2) is 18.0 Å². The van der Waals surface area contributed by atoms with Gasteiger partial charge in [0.2, 0.25) is 0 Å². The third kappa shape index (κ3) is 5.23. The molecule has 2 rings (SSSR count). The van der Waals surface area contributed by atoms with Crippen molar-refractivity contribution in [3.63, 3.8) is 0 Å². The number of halogens is 1. The number of anilines is 1. The van der Waals surface area contributed by atoms with E-state index in [2.05, 4.69) is 41.5 Å². The molecule has 0 aliphatic rings. The lowest BCUT2D eigenvalue weighted by Crippen LogP contribution is -2.25. The van der Waals surface area contributed by atoms with Crippen LogP contribution in [0, 0.1) is 0 Å². The molecule has 104 valence electrons. The molecule has 0 radical (unpaired) electrons. The highest BCUT2D eigenvalue weighted by atomic mass is 35.5. The van der Waals surface area contributed by atoms with Crippen molar-refractivity contribution in [3.05, 3.63) is 52.2 Å². The second-order valence-corrected chi connectivity index (χ2v) is 5.48. The molecular formula is C15H21ClN2S. The van der Waals surface area contributed by atoms with Gasteiger partial charge in [-0.1, -0.05) is 25.1 Å². The Morgan fingerprint density at radius 2 is 2.05 bits per heavy atom. The third-order valence-corrected chi connectivity index (χ3v) is 4.00. The molecule has 0 aliphatic carbocycles. The Bertz CT molecular complexity index is 471. The largest absolute Gasteiger partial charge is 0.399 e. The number of likely N-dealkylation sites (N-methyl/N-ethyl adjacent to an activating group) is 1. The predicted octanol–water partition coefficient (Wildman–Crippen LogP) is 3.82. The zero-order valence-electron chi connectivity index (χ0n) is 11.2. The lowest BCUT2D eigenvalue weighted by Gasteiger charge is -2.20. The Balaban J connectivity index is 0.00000180. The van der Waals surface area contributed by atoms with E-state index in [0.29, 0.717) is 0 Å². The average Bonchev–Trinajstić information content (AvgIpc) is 2.87. The first-order valence-electron chi connectivity index (χ1n) is 6.37. The summed E-state index contributed by atoms with van der Waals surface area (Å²) in [6, 6.07) is 12.5. The van der Waals surface area contributed by atoms with Crippen LogP contribution >= 0.6 is 23.7 Å². The van der Waals surface area contributed by atoms with Crippen LogP contribution in [0.2, 0.25) is 0 Å². The van der Waals surface area contributed by atoms with E-state index in [9.17, 15) is 0 Å². The summed E-state index contributed by atoms with van der Waals surface area (Å²) in [4.78, 5) is 3.91. The summed E-state index contributed by atoms with van der Waals surface area (Å²) in [5, 5.41) is 2.14. The minimum Gasteiger partial charge on any atom is -0.399 e. The summed E-state index contributed by atoms with van der Waals surface area (Å²) in [5.41, 5.74) is 7.95. The lowest BCUT2D eigenvalue weighted by atomic mass is 10.2. The highest BCUT2D eigenvalue weighted by Crippen LogP contribution is 2.12. The van der Waals surface area contributed by atoms with E-state index in [1.54, 1.807) is 0 Å². The van der Waals surface area contributed by atoms with Gasteiger partial charge in [-0.25, -0.2) is 0 Å². The molecule has 0 aliphatic heterocycles. The maximum absolute atomic E-state index is 5.81. The number of nitrogens with zero attached hydrogens (tertiary/aromatic N) is 1. The van der Waals surface area contributed by atoms with Gasteiger partial charge in [-0.3, -0.25) is 4.90 Å². The van der Waals surface area contributed by atoms with E-state index in [-0.39, 0.29) is 12.4 Å². The first-order chi connectivity index (χ1) is 8.78. The molecule has 2 nitrogen and oxygen atoms in total. The fraction of sp³-hybridized carbons (Fsp3) is 0.333. The molecule has 0 atom stereocenters. The van der Waals surface area contributed by atoms with E-state index in [0.717, 1.165) is 31.7 Å². The number of hydrogen-bond acceptors (Lipinski definition) is 3. The second-order valence-electron chi connectivity index (χ2n) is 4.44. The van der Waals surface area contributed by atoms with Gasteiger partial charge in [-0.2, -0.15) is 0 Å². The van der Waals surface area contributed by atoms with Gasteiger partial charge in [0, 0.05) is 23.7 Å². The molecule has 0 unspecified atom stereocenters. The predicted molar refractivity (Wildman–Crippen MR) is 87.1 cm³/mol. The molecule has 0 bridgehead atoms. The molecule has 0 fully saturated rings. The summed E-state index contributed by atoms with van der Waals surface area (Å²) in [6.45, 7) is 5.36. The van der Waals surface area contributed by atoms with Crippen molar-refractivity contribution in [2.45, 2.75) is 19.9 Å². The summed E-state index contributed by atoms with van der Waals surface area (Å²) >= 11 is 1.84. The molecule has 2 aromatic rings. The Morgan fingerprint density at radius 3 is 2.68 bits per heavy atom. The van der Waals surface area contributed by atoms with Crippen molar-refractivity contribution in [1.29, 1.82) is 0 Å². The molecular weight excluding hydrogens is 276 g/mol. The van der Waals surface area contributed by atoms with Crippen molar-refractivity contribution in [2.24, 2.45) is 0 Å². The van der Waals surface area contributed by atoms with Crippen molar-refractivity contribution in [1.82, 2.24) is 4.90 Å². The Hall–Kier alpha value is -1.03.